The summed E-state index contributed by atoms with van der Waals surface area (Å²) in [5.74, 6) is 1.25. The zero-order valence-electron chi connectivity index (χ0n) is 11.9. The van der Waals surface area contributed by atoms with Crippen molar-refractivity contribution in [1.29, 1.82) is 0 Å². The summed E-state index contributed by atoms with van der Waals surface area (Å²) in [6.45, 7) is 3.35. The zero-order valence-corrected chi connectivity index (χ0v) is 11.9. The summed E-state index contributed by atoms with van der Waals surface area (Å²) >= 11 is 0. The number of fused-ring (bicyclic) bond motifs is 1. The second-order valence-corrected chi connectivity index (χ2v) is 5.16. The number of nitrogen functional groups attached to an aromatic ring is 1. The predicted octanol–water partition coefficient (Wildman–Crippen LogP) is 0.958. The summed E-state index contributed by atoms with van der Waals surface area (Å²) in [5.41, 5.74) is 7.84. The van der Waals surface area contributed by atoms with Gasteiger partial charge in [-0.2, -0.15) is 0 Å². The lowest BCUT2D eigenvalue weighted by Crippen LogP contribution is -2.42. The molecule has 0 saturated carbocycles. The van der Waals surface area contributed by atoms with Gasteiger partial charge in [0.15, 0.2) is 0 Å². The average Bonchev–Trinajstić information content (AvgIpc) is 2.75. The normalized spacial score (nSPS) is 20.4. The quantitative estimate of drug-likeness (QED) is 0.904. The van der Waals surface area contributed by atoms with E-state index in [-0.39, 0.29) is 6.10 Å². The third-order valence-electron chi connectivity index (χ3n) is 3.72. The standard InChI is InChI=1S/C14H20N4O2/c1-17-6-7-20-10(8-17)9-18-11-4-3-5-12(19-2)13(11)16-14(18)15/h3-5,10H,6-9H2,1-2H3,(H2,15,16). The molecule has 0 aliphatic carbocycles. The van der Waals surface area contributed by atoms with E-state index >= 15 is 0 Å². The Balaban J connectivity index is 1.93. The van der Waals surface area contributed by atoms with E-state index in [1.54, 1.807) is 7.11 Å². The van der Waals surface area contributed by atoms with E-state index in [1.165, 1.54) is 0 Å². The van der Waals surface area contributed by atoms with E-state index in [2.05, 4.69) is 16.9 Å². The van der Waals surface area contributed by atoms with Crippen LogP contribution in [0.25, 0.3) is 11.0 Å². The topological polar surface area (TPSA) is 65.5 Å². The first-order valence-electron chi connectivity index (χ1n) is 6.78. The van der Waals surface area contributed by atoms with Crippen molar-refractivity contribution in [3.8, 4) is 5.75 Å². The molecule has 1 aliphatic rings. The first-order chi connectivity index (χ1) is 9.69. The molecule has 1 aromatic heterocycles. The third kappa shape index (κ3) is 2.32. The second-order valence-electron chi connectivity index (χ2n) is 5.16. The number of nitrogens with zero attached hydrogens (tertiary/aromatic N) is 3. The molecule has 1 aromatic carbocycles. The van der Waals surface area contributed by atoms with Gasteiger partial charge >= 0.3 is 0 Å². The molecule has 1 aliphatic heterocycles. The minimum atomic E-state index is 0.139. The van der Waals surface area contributed by atoms with Crippen molar-refractivity contribution >= 4 is 17.0 Å². The van der Waals surface area contributed by atoms with Gasteiger partial charge in [0.2, 0.25) is 5.95 Å². The number of benzene rings is 1. The van der Waals surface area contributed by atoms with Crippen molar-refractivity contribution in [2.75, 3.05) is 39.6 Å². The molecule has 2 heterocycles. The highest BCUT2D eigenvalue weighted by Crippen LogP contribution is 2.27. The molecular formula is C14H20N4O2. The Bertz CT molecular complexity index is 610. The fourth-order valence-corrected chi connectivity index (χ4v) is 2.68. The summed E-state index contributed by atoms with van der Waals surface area (Å²) in [5, 5.41) is 0. The van der Waals surface area contributed by atoms with Gasteiger partial charge in [-0.3, -0.25) is 0 Å². The Labute approximate surface area is 118 Å². The number of rotatable bonds is 3. The van der Waals surface area contributed by atoms with Crippen molar-refractivity contribution in [3.63, 3.8) is 0 Å². The summed E-state index contributed by atoms with van der Waals surface area (Å²) < 4.78 is 13.1. The van der Waals surface area contributed by atoms with Crippen LogP contribution in [0.3, 0.4) is 0 Å². The number of methoxy groups -OCH3 is 1. The van der Waals surface area contributed by atoms with Crippen LogP contribution in [0.1, 0.15) is 0 Å². The van der Waals surface area contributed by atoms with E-state index in [4.69, 9.17) is 15.2 Å². The van der Waals surface area contributed by atoms with E-state index in [1.807, 2.05) is 22.8 Å². The van der Waals surface area contributed by atoms with Gasteiger partial charge in [0.25, 0.3) is 0 Å². The predicted molar refractivity (Wildman–Crippen MR) is 77.9 cm³/mol. The van der Waals surface area contributed by atoms with Gasteiger partial charge in [-0.15, -0.1) is 0 Å². The number of anilines is 1. The first kappa shape index (κ1) is 13.2. The molecule has 108 valence electrons. The Hall–Kier alpha value is -1.79. The molecule has 1 saturated heterocycles. The fraction of sp³-hybridized carbons (Fsp3) is 0.500. The smallest absolute Gasteiger partial charge is 0.201 e. The van der Waals surface area contributed by atoms with Gasteiger partial charge in [-0.1, -0.05) is 6.07 Å². The molecule has 1 fully saturated rings. The van der Waals surface area contributed by atoms with Gasteiger partial charge in [0.05, 0.1) is 31.9 Å². The molecule has 20 heavy (non-hydrogen) atoms. The summed E-state index contributed by atoms with van der Waals surface area (Å²) in [6.07, 6.45) is 0.139. The molecule has 1 atom stereocenters. The number of imidazole rings is 1. The molecule has 0 spiro atoms. The maximum atomic E-state index is 6.06. The van der Waals surface area contributed by atoms with Gasteiger partial charge in [-0.05, 0) is 19.2 Å². The van der Waals surface area contributed by atoms with E-state index in [9.17, 15) is 0 Å². The van der Waals surface area contributed by atoms with Crippen molar-refractivity contribution in [3.05, 3.63) is 18.2 Å². The first-order valence-corrected chi connectivity index (χ1v) is 6.78. The van der Waals surface area contributed by atoms with Crippen LogP contribution in [0.2, 0.25) is 0 Å². The number of morpholine rings is 1. The summed E-state index contributed by atoms with van der Waals surface area (Å²) in [7, 11) is 3.75. The molecule has 0 amide bonds. The lowest BCUT2D eigenvalue weighted by molar-refractivity contribution is -0.0267. The molecule has 0 radical (unpaired) electrons. The van der Waals surface area contributed by atoms with Crippen LogP contribution >= 0.6 is 0 Å². The average molecular weight is 276 g/mol. The summed E-state index contributed by atoms with van der Waals surface area (Å²) in [6, 6.07) is 5.85. The molecular weight excluding hydrogens is 256 g/mol. The number of aromatic nitrogens is 2. The highest BCUT2D eigenvalue weighted by Gasteiger charge is 2.21. The Morgan fingerprint density at radius 1 is 1.50 bits per heavy atom. The van der Waals surface area contributed by atoms with Crippen LogP contribution in [0.5, 0.6) is 5.75 Å². The molecule has 0 bridgehead atoms. The van der Waals surface area contributed by atoms with Crippen LogP contribution in [-0.4, -0.2) is 54.4 Å². The van der Waals surface area contributed by atoms with Crippen molar-refractivity contribution in [1.82, 2.24) is 14.5 Å². The van der Waals surface area contributed by atoms with Crippen LogP contribution in [-0.2, 0) is 11.3 Å². The number of nitrogens with two attached hydrogens (primary N) is 1. The highest BCUT2D eigenvalue weighted by atomic mass is 16.5. The molecule has 2 N–H and O–H groups in total. The molecule has 3 rings (SSSR count). The van der Waals surface area contributed by atoms with Gasteiger partial charge in [-0.25, -0.2) is 4.98 Å². The van der Waals surface area contributed by atoms with E-state index < -0.39 is 0 Å². The minimum absolute atomic E-state index is 0.139. The van der Waals surface area contributed by atoms with Crippen molar-refractivity contribution in [2.45, 2.75) is 12.6 Å². The Morgan fingerprint density at radius 3 is 3.10 bits per heavy atom. The van der Waals surface area contributed by atoms with E-state index in [0.717, 1.165) is 36.5 Å². The Morgan fingerprint density at radius 2 is 2.35 bits per heavy atom. The monoisotopic (exact) mass is 276 g/mol. The van der Waals surface area contributed by atoms with Crippen LogP contribution in [0.15, 0.2) is 18.2 Å². The van der Waals surface area contributed by atoms with E-state index in [0.29, 0.717) is 12.5 Å². The maximum absolute atomic E-state index is 6.06. The zero-order chi connectivity index (χ0) is 14.1. The van der Waals surface area contributed by atoms with Gasteiger partial charge in [0.1, 0.15) is 11.3 Å². The molecule has 1 unspecified atom stereocenters. The van der Waals surface area contributed by atoms with Crippen LogP contribution in [0, 0.1) is 0 Å². The number of hydrogen-bond acceptors (Lipinski definition) is 5. The molecule has 2 aromatic rings. The van der Waals surface area contributed by atoms with Gasteiger partial charge < -0.3 is 24.7 Å². The third-order valence-corrected chi connectivity index (χ3v) is 3.72. The number of likely N-dealkylation sites (N-methyl/N-ethyl adjacent to an activating group) is 1. The SMILES string of the molecule is COc1cccc2c1nc(N)n2CC1CN(C)CCO1. The second kappa shape index (κ2) is 5.30. The van der Waals surface area contributed by atoms with Crippen molar-refractivity contribution < 1.29 is 9.47 Å². The highest BCUT2D eigenvalue weighted by molar-refractivity contribution is 5.84. The largest absolute Gasteiger partial charge is 0.494 e. The number of hydrogen-bond donors (Lipinski definition) is 1. The Kier molecular flexibility index (Phi) is 3.50. The van der Waals surface area contributed by atoms with Crippen LogP contribution < -0.4 is 10.5 Å². The lowest BCUT2D eigenvalue weighted by atomic mass is 10.2. The molecule has 6 nitrogen and oxygen atoms in total. The summed E-state index contributed by atoms with van der Waals surface area (Å²) in [4.78, 5) is 6.68. The van der Waals surface area contributed by atoms with Crippen LogP contribution in [0.4, 0.5) is 5.95 Å². The number of ether oxygens (including phenoxy) is 2. The minimum Gasteiger partial charge on any atom is -0.494 e. The van der Waals surface area contributed by atoms with Gasteiger partial charge in [0, 0.05) is 13.1 Å². The van der Waals surface area contributed by atoms with Crippen molar-refractivity contribution in [2.24, 2.45) is 0 Å². The fourth-order valence-electron chi connectivity index (χ4n) is 2.68. The maximum Gasteiger partial charge on any atom is 0.201 e. The molecule has 6 heteroatoms. The number of para-hydroxylation sites is 1. The lowest BCUT2D eigenvalue weighted by Gasteiger charge is -2.30.